The zero-order valence-corrected chi connectivity index (χ0v) is 11.3. The SMILES string of the molecule is CC(C)(C)OC(=O)N1C[C@H]2C/C(=C/C#N)C[C@H]2C1. The summed E-state index contributed by atoms with van der Waals surface area (Å²) in [5, 5.41) is 8.65. The Morgan fingerprint density at radius 3 is 2.39 bits per heavy atom. The Bertz CT molecular complexity index is 398. The van der Waals surface area contributed by atoms with E-state index < -0.39 is 5.60 Å². The molecule has 0 unspecified atom stereocenters. The standard InChI is InChI=1S/C14H20N2O2/c1-14(2,3)18-13(17)16-8-11-6-10(4-5-15)7-12(11)9-16/h4,11-12H,6-9H2,1-3H3/b10-4-/t11-,12+/m1/s1. The molecular weight excluding hydrogens is 228 g/mol. The molecule has 2 atom stereocenters. The molecule has 1 amide bonds. The van der Waals surface area contributed by atoms with E-state index in [1.165, 1.54) is 5.57 Å². The summed E-state index contributed by atoms with van der Waals surface area (Å²) >= 11 is 0. The van der Waals surface area contributed by atoms with E-state index >= 15 is 0 Å². The average Bonchev–Trinajstić information content (AvgIpc) is 2.72. The molecule has 1 aliphatic heterocycles. The molecule has 2 aliphatic rings. The third kappa shape index (κ3) is 2.84. The molecule has 1 saturated heterocycles. The first-order valence-electron chi connectivity index (χ1n) is 6.44. The number of ether oxygens (including phenoxy) is 1. The van der Waals surface area contributed by atoms with Crippen LogP contribution in [0.25, 0.3) is 0 Å². The van der Waals surface area contributed by atoms with E-state index in [4.69, 9.17) is 10.00 Å². The molecule has 4 nitrogen and oxygen atoms in total. The van der Waals surface area contributed by atoms with Crippen molar-refractivity contribution in [3.05, 3.63) is 11.6 Å². The van der Waals surface area contributed by atoms with Crippen molar-refractivity contribution in [2.45, 2.75) is 39.2 Å². The molecule has 0 N–H and O–H groups in total. The first-order valence-corrected chi connectivity index (χ1v) is 6.44. The minimum absolute atomic E-state index is 0.206. The number of fused-ring (bicyclic) bond motifs is 1. The highest BCUT2D eigenvalue weighted by molar-refractivity contribution is 5.68. The van der Waals surface area contributed by atoms with Crippen LogP contribution in [0.5, 0.6) is 0 Å². The van der Waals surface area contributed by atoms with Crippen molar-refractivity contribution < 1.29 is 9.53 Å². The van der Waals surface area contributed by atoms with Crippen molar-refractivity contribution >= 4 is 6.09 Å². The number of carbonyl (C=O) groups is 1. The van der Waals surface area contributed by atoms with Gasteiger partial charge in [-0.05, 0) is 45.4 Å². The van der Waals surface area contributed by atoms with E-state index in [0.717, 1.165) is 25.9 Å². The topological polar surface area (TPSA) is 53.3 Å². The number of allylic oxidation sites excluding steroid dienone is 2. The number of hydrogen-bond donors (Lipinski definition) is 0. The Balaban J connectivity index is 1.91. The minimum atomic E-state index is -0.430. The number of hydrogen-bond acceptors (Lipinski definition) is 3. The van der Waals surface area contributed by atoms with E-state index in [9.17, 15) is 4.79 Å². The molecule has 0 radical (unpaired) electrons. The van der Waals surface area contributed by atoms with E-state index in [2.05, 4.69) is 6.07 Å². The zero-order valence-electron chi connectivity index (χ0n) is 11.3. The Morgan fingerprint density at radius 1 is 1.39 bits per heavy atom. The lowest BCUT2D eigenvalue weighted by Gasteiger charge is -2.24. The summed E-state index contributed by atoms with van der Waals surface area (Å²) in [6.45, 7) is 7.19. The maximum Gasteiger partial charge on any atom is 0.410 e. The predicted octanol–water partition coefficient (Wildman–Crippen LogP) is 2.71. The van der Waals surface area contributed by atoms with Gasteiger partial charge in [-0.1, -0.05) is 5.57 Å². The van der Waals surface area contributed by atoms with Gasteiger partial charge < -0.3 is 9.64 Å². The van der Waals surface area contributed by atoms with Gasteiger partial charge >= 0.3 is 6.09 Å². The van der Waals surface area contributed by atoms with Crippen molar-refractivity contribution in [3.63, 3.8) is 0 Å². The summed E-state index contributed by atoms with van der Waals surface area (Å²) in [5.74, 6) is 1.02. The van der Waals surface area contributed by atoms with Crippen molar-refractivity contribution in [2.75, 3.05) is 13.1 Å². The quantitative estimate of drug-likeness (QED) is 0.619. The van der Waals surface area contributed by atoms with Gasteiger partial charge in [0.25, 0.3) is 0 Å². The van der Waals surface area contributed by atoms with Gasteiger partial charge in [0.05, 0.1) is 6.07 Å². The highest BCUT2D eigenvalue weighted by Gasteiger charge is 2.41. The molecule has 0 spiro atoms. The second kappa shape index (κ2) is 4.64. The van der Waals surface area contributed by atoms with Crippen LogP contribution in [0.1, 0.15) is 33.6 Å². The van der Waals surface area contributed by atoms with Crippen LogP contribution in [-0.2, 0) is 4.74 Å². The third-order valence-electron chi connectivity index (χ3n) is 3.55. The van der Waals surface area contributed by atoms with E-state index in [1.807, 2.05) is 25.7 Å². The zero-order chi connectivity index (χ0) is 13.3. The molecule has 2 rings (SSSR count). The Morgan fingerprint density at radius 2 is 1.94 bits per heavy atom. The number of nitrogens with zero attached hydrogens (tertiary/aromatic N) is 2. The Hall–Kier alpha value is -1.50. The summed E-state index contributed by atoms with van der Waals surface area (Å²) in [5.41, 5.74) is 0.803. The van der Waals surface area contributed by atoms with Crippen LogP contribution in [0.3, 0.4) is 0 Å². The molecule has 0 bridgehead atoms. The van der Waals surface area contributed by atoms with Crippen molar-refractivity contribution in [2.24, 2.45) is 11.8 Å². The van der Waals surface area contributed by atoms with Crippen LogP contribution >= 0.6 is 0 Å². The monoisotopic (exact) mass is 248 g/mol. The van der Waals surface area contributed by atoms with Crippen LogP contribution in [0, 0.1) is 23.2 Å². The molecule has 1 heterocycles. The highest BCUT2D eigenvalue weighted by Crippen LogP contribution is 2.41. The van der Waals surface area contributed by atoms with Crippen LogP contribution in [0.4, 0.5) is 4.79 Å². The molecule has 4 heteroatoms. The highest BCUT2D eigenvalue weighted by atomic mass is 16.6. The van der Waals surface area contributed by atoms with Gasteiger partial charge in [0.2, 0.25) is 0 Å². The normalized spacial score (nSPS) is 29.2. The first kappa shape index (κ1) is 12.9. The van der Waals surface area contributed by atoms with Crippen LogP contribution in [-0.4, -0.2) is 29.7 Å². The maximum atomic E-state index is 11.9. The fraction of sp³-hybridized carbons (Fsp3) is 0.714. The first-order chi connectivity index (χ1) is 8.39. The lowest BCUT2D eigenvalue weighted by Crippen LogP contribution is -2.35. The summed E-state index contributed by atoms with van der Waals surface area (Å²) in [7, 11) is 0. The predicted molar refractivity (Wildman–Crippen MR) is 67.7 cm³/mol. The lowest BCUT2D eigenvalue weighted by atomic mass is 10.0. The van der Waals surface area contributed by atoms with Gasteiger partial charge in [-0.25, -0.2) is 4.79 Å². The average molecular weight is 248 g/mol. The number of amides is 1. The third-order valence-corrected chi connectivity index (χ3v) is 3.55. The molecule has 1 saturated carbocycles. The van der Waals surface area contributed by atoms with Gasteiger partial charge in [0, 0.05) is 19.2 Å². The molecule has 98 valence electrons. The van der Waals surface area contributed by atoms with Gasteiger partial charge in [0.1, 0.15) is 5.60 Å². The fourth-order valence-electron chi connectivity index (χ4n) is 2.84. The smallest absolute Gasteiger partial charge is 0.410 e. The Labute approximate surface area is 108 Å². The summed E-state index contributed by atoms with van der Waals surface area (Å²) < 4.78 is 5.38. The van der Waals surface area contributed by atoms with Gasteiger partial charge in [0.15, 0.2) is 0 Å². The summed E-state index contributed by atoms with van der Waals surface area (Å²) in [4.78, 5) is 13.7. The molecule has 2 fully saturated rings. The van der Waals surface area contributed by atoms with Gasteiger partial charge in [-0.15, -0.1) is 0 Å². The number of rotatable bonds is 0. The van der Waals surface area contributed by atoms with Crippen molar-refractivity contribution in [1.82, 2.24) is 4.90 Å². The van der Waals surface area contributed by atoms with E-state index in [-0.39, 0.29) is 6.09 Å². The van der Waals surface area contributed by atoms with Gasteiger partial charge in [-0.2, -0.15) is 5.26 Å². The van der Waals surface area contributed by atoms with Crippen LogP contribution in [0.15, 0.2) is 11.6 Å². The minimum Gasteiger partial charge on any atom is -0.444 e. The fourth-order valence-corrected chi connectivity index (χ4v) is 2.84. The largest absolute Gasteiger partial charge is 0.444 e. The molecule has 0 aromatic rings. The molecule has 1 aliphatic carbocycles. The maximum absolute atomic E-state index is 11.9. The van der Waals surface area contributed by atoms with E-state index in [1.54, 1.807) is 6.08 Å². The molecule has 18 heavy (non-hydrogen) atoms. The number of carbonyl (C=O) groups excluding carboxylic acids is 1. The van der Waals surface area contributed by atoms with Crippen LogP contribution in [0.2, 0.25) is 0 Å². The summed E-state index contributed by atoms with van der Waals surface area (Å²) in [6, 6.07) is 2.10. The molecular formula is C14H20N2O2. The second-order valence-corrected chi connectivity index (χ2v) is 6.25. The Kier molecular flexibility index (Phi) is 3.34. The van der Waals surface area contributed by atoms with Crippen LogP contribution < -0.4 is 0 Å². The number of nitriles is 1. The van der Waals surface area contributed by atoms with E-state index in [0.29, 0.717) is 11.8 Å². The van der Waals surface area contributed by atoms with Crippen molar-refractivity contribution in [1.29, 1.82) is 5.26 Å². The second-order valence-electron chi connectivity index (χ2n) is 6.25. The molecule has 0 aromatic carbocycles. The molecule has 0 aromatic heterocycles. The van der Waals surface area contributed by atoms with Gasteiger partial charge in [-0.3, -0.25) is 0 Å². The lowest BCUT2D eigenvalue weighted by molar-refractivity contribution is 0.0282. The van der Waals surface area contributed by atoms with Crippen molar-refractivity contribution in [3.8, 4) is 6.07 Å². The number of likely N-dealkylation sites (tertiary alicyclic amines) is 1. The summed E-state index contributed by atoms with van der Waals surface area (Å²) in [6.07, 6.45) is 3.37.